The molecule has 0 radical (unpaired) electrons. The Balaban J connectivity index is 1.61. The van der Waals surface area contributed by atoms with Crippen LogP contribution in [0.1, 0.15) is 41.2 Å². The summed E-state index contributed by atoms with van der Waals surface area (Å²) in [4.78, 5) is 7.59. The van der Waals surface area contributed by atoms with E-state index in [1.807, 2.05) is 6.07 Å². The largest absolute Gasteiger partial charge is 0.424 e. The van der Waals surface area contributed by atoms with Gasteiger partial charge in [0, 0.05) is 30.1 Å². The van der Waals surface area contributed by atoms with Crippen molar-refractivity contribution in [2.45, 2.75) is 39.2 Å². The highest BCUT2D eigenvalue weighted by atomic mass is 16.4. The van der Waals surface area contributed by atoms with Crippen LogP contribution < -0.4 is 5.32 Å². The molecule has 23 heavy (non-hydrogen) atoms. The van der Waals surface area contributed by atoms with Gasteiger partial charge < -0.3 is 14.7 Å². The topological polar surface area (TPSA) is 77.6 Å². The minimum Gasteiger partial charge on any atom is -0.424 e. The number of rotatable bonds is 3. The molecule has 0 fully saturated rings. The van der Waals surface area contributed by atoms with E-state index in [4.69, 9.17) is 9.68 Å². The standard InChI is InChI=1S/C18H18N4O/c1-11-21-17(9-19)18(23-11)20-10-12-6-7-16-14(8-12)13-4-2-3-5-15(13)22-16/h6-8,20,22H,2-5,10H2,1H3. The first-order chi connectivity index (χ1) is 11.2. The number of nitriles is 1. The highest BCUT2D eigenvalue weighted by Gasteiger charge is 2.16. The van der Waals surface area contributed by atoms with Crippen molar-refractivity contribution in [1.29, 1.82) is 5.26 Å². The second kappa shape index (κ2) is 5.47. The van der Waals surface area contributed by atoms with Crippen LogP contribution in [0.5, 0.6) is 0 Å². The monoisotopic (exact) mass is 306 g/mol. The zero-order chi connectivity index (χ0) is 15.8. The van der Waals surface area contributed by atoms with E-state index in [9.17, 15) is 0 Å². The smallest absolute Gasteiger partial charge is 0.232 e. The molecule has 2 N–H and O–H groups in total. The van der Waals surface area contributed by atoms with E-state index < -0.39 is 0 Å². The third-order valence-corrected chi connectivity index (χ3v) is 4.46. The minimum atomic E-state index is 0.308. The van der Waals surface area contributed by atoms with Crippen LogP contribution in [0.15, 0.2) is 22.6 Å². The molecule has 0 aliphatic heterocycles. The maximum absolute atomic E-state index is 9.06. The quantitative estimate of drug-likeness (QED) is 0.771. The van der Waals surface area contributed by atoms with Crippen molar-refractivity contribution in [3.05, 3.63) is 46.6 Å². The first kappa shape index (κ1) is 13.9. The summed E-state index contributed by atoms with van der Waals surface area (Å²) < 4.78 is 5.44. The number of benzene rings is 1. The first-order valence-electron chi connectivity index (χ1n) is 7.98. The third kappa shape index (κ3) is 2.46. The molecule has 0 bridgehead atoms. The molecule has 1 aliphatic carbocycles. The molecule has 1 aliphatic rings. The van der Waals surface area contributed by atoms with Gasteiger partial charge in [-0.05, 0) is 48.9 Å². The van der Waals surface area contributed by atoms with Gasteiger partial charge in [0.2, 0.25) is 11.6 Å². The molecule has 116 valence electrons. The lowest BCUT2D eigenvalue weighted by Gasteiger charge is -2.10. The summed E-state index contributed by atoms with van der Waals surface area (Å²) in [6, 6.07) is 8.53. The van der Waals surface area contributed by atoms with Gasteiger partial charge in [0.25, 0.3) is 0 Å². The molecule has 1 aromatic carbocycles. The number of anilines is 1. The van der Waals surface area contributed by atoms with Crippen LogP contribution in [0.25, 0.3) is 10.9 Å². The van der Waals surface area contributed by atoms with E-state index in [1.165, 1.54) is 40.6 Å². The molecule has 2 aromatic heterocycles. The number of oxazole rings is 1. The fraction of sp³-hybridized carbons (Fsp3) is 0.333. The summed E-state index contributed by atoms with van der Waals surface area (Å²) in [5, 5.41) is 13.6. The third-order valence-electron chi connectivity index (χ3n) is 4.46. The Morgan fingerprint density at radius 2 is 2.22 bits per heavy atom. The number of H-pyrrole nitrogens is 1. The highest BCUT2D eigenvalue weighted by Crippen LogP contribution is 2.30. The highest BCUT2D eigenvalue weighted by molar-refractivity contribution is 5.85. The Kier molecular flexibility index (Phi) is 3.30. The maximum atomic E-state index is 9.06. The normalized spacial score (nSPS) is 13.7. The number of aryl methyl sites for hydroxylation is 3. The number of aromatic nitrogens is 2. The summed E-state index contributed by atoms with van der Waals surface area (Å²) >= 11 is 0. The molecular weight excluding hydrogens is 288 g/mol. The van der Waals surface area contributed by atoms with E-state index in [2.05, 4.69) is 33.5 Å². The molecule has 5 heteroatoms. The summed E-state index contributed by atoms with van der Waals surface area (Å²) in [6.07, 6.45) is 4.86. The van der Waals surface area contributed by atoms with Gasteiger partial charge in [0.15, 0.2) is 5.89 Å². The average molecular weight is 306 g/mol. The number of nitrogens with one attached hydrogen (secondary N) is 2. The average Bonchev–Trinajstić information content (AvgIpc) is 3.12. The van der Waals surface area contributed by atoms with Crippen molar-refractivity contribution in [3.8, 4) is 6.07 Å². The molecule has 0 unspecified atom stereocenters. The predicted octanol–water partition coefficient (Wildman–Crippen LogP) is 3.83. The summed E-state index contributed by atoms with van der Waals surface area (Å²) in [5.74, 6) is 0.945. The van der Waals surface area contributed by atoms with E-state index in [-0.39, 0.29) is 0 Å². The number of fused-ring (bicyclic) bond motifs is 3. The SMILES string of the molecule is Cc1nc(C#N)c(NCc2ccc3[nH]c4c(c3c2)CCCC4)o1. The maximum Gasteiger partial charge on any atom is 0.232 e. The van der Waals surface area contributed by atoms with Gasteiger partial charge in [0.1, 0.15) is 6.07 Å². The van der Waals surface area contributed by atoms with Gasteiger partial charge in [-0.3, -0.25) is 0 Å². The number of hydrogen-bond donors (Lipinski definition) is 2. The number of nitrogens with zero attached hydrogens (tertiary/aromatic N) is 2. The van der Waals surface area contributed by atoms with Crippen molar-refractivity contribution in [1.82, 2.24) is 9.97 Å². The molecular formula is C18H18N4O. The Morgan fingerprint density at radius 3 is 3.09 bits per heavy atom. The molecule has 0 amide bonds. The van der Waals surface area contributed by atoms with Crippen molar-refractivity contribution >= 4 is 16.8 Å². The van der Waals surface area contributed by atoms with Gasteiger partial charge in [-0.25, -0.2) is 4.98 Å². The van der Waals surface area contributed by atoms with Crippen molar-refractivity contribution in [2.75, 3.05) is 5.32 Å². The summed E-state index contributed by atoms with van der Waals surface area (Å²) in [6.45, 7) is 2.35. The first-order valence-corrected chi connectivity index (χ1v) is 7.98. The zero-order valence-corrected chi connectivity index (χ0v) is 13.1. The lowest BCUT2D eigenvalue weighted by atomic mass is 9.95. The second-order valence-electron chi connectivity index (χ2n) is 6.05. The van der Waals surface area contributed by atoms with Crippen molar-refractivity contribution < 1.29 is 4.42 Å². The number of hydrogen-bond acceptors (Lipinski definition) is 4. The van der Waals surface area contributed by atoms with Gasteiger partial charge in [-0.15, -0.1) is 0 Å². The predicted molar refractivity (Wildman–Crippen MR) is 88.2 cm³/mol. The van der Waals surface area contributed by atoms with Gasteiger partial charge >= 0.3 is 0 Å². The molecule has 3 aromatic rings. The van der Waals surface area contributed by atoms with Gasteiger partial charge in [0.05, 0.1) is 0 Å². The van der Waals surface area contributed by atoms with Gasteiger partial charge in [-0.2, -0.15) is 5.26 Å². The number of aromatic amines is 1. The lowest BCUT2D eigenvalue weighted by molar-refractivity contribution is 0.532. The molecule has 0 saturated carbocycles. The van der Waals surface area contributed by atoms with Crippen LogP contribution in [0, 0.1) is 18.3 Å². The fourth-order valence-corrected chi connectivity index (χ4v) is 3.37. The Hall–Kier alpha value is -2.74. The molecule has 2 heterocycles. The Bertz CT molecular complexity index is 913. The fourth-order valence-electron chi connectivity index (χ4n) is 3.37. The summed E-state index contributed by atoms with van der Waals surface area (Å²) in [5.41, 5.74) is 5.56. The molecule has 0 saturated heterocycles. The van der Waals surface area contributed by atoms with Crippen LogP contribution in [0.4, 0.5) is 5.88 Å². The van der Waals surface area contributed by atoms with Crippen LogP contribution in [-0.2, 0) is 19.4 Å². The second-order valence-corrected chi connectivity index (χ2v) is 6.05. The van der Waals surface area contributed by atoms with Crippen molar-refractivity contribution in [3.63, 3.8) is 0 Å². The molecule has 4 rings (SSSR count). The molecule has 5 nitrogen and oxygen atoms in total. The Labute approximate surface area is 134 Å². The van der Waals surface area contributed by atoms with E-state index in [0.717, 1.165) is 12.8 Å². The van der Waals surface area contributed by atoms with Crippen LogP contribution in [0.3, 0.4) is 0 Å². The molecule has 0 spiro atoms. The lowest BCUT2D eigenvalue weighted by Crippen LogP contribution is -2.01. The Morgan fingerprint density at radius 1 is 1.35 bits per heavy atom. The van der Waals surface area contributed by atoms with Crippen LogP contribution in [0.2, 0.25) is 0 Å². The zero-order valence-electron chi connectivity index (χ0n) is 13.1. The van der Waals surface area contributed by atoms with E-state index in [0.29, 0.717) is 24.0 Å². The van der Waals surface area contributed by atoms with E-state index in [1.54, 1.807) is 6.92 Å². The molecule has 0 atom stereocenters. The minimum absolute atomic E-state index is 0.308. The van der Waals surface area contributed by atoms with Crippen LogP contribution >= 0.6 is 0 Å². The summed E-state index contributed by atoms with van der Waals surface area (Å²) in [7, 11) is 0. The van der Waals surface area contributed by atoms with Crippen molar-refractivity contribution in [2.24, 2.45) is 0 Å². The van der Waals surface area contributed by atoms with Gasteiger partial charge in [-0.1, -0.05) is 6.07 Å². The van der Waals surface area contributed by atoms with E-state index >= 15 is 0 Å². The van der Waals surface area contributed by atoms with Crippen LogP contribution in [-0.4, -0.2) is 9.97 Å².